The summed E-state index contributed by atoms with van der Waals surface area (Å²) >= 11 is 0. The van der Waals surface area contributed by atoms with Gasteiger partial charge in [0.25, 0.3) is 5.56 Å². The molecule has 2 aromatic carbocycles. The molecule has 0 radical (unpaired) electrons. The van der Waals surface area contributed by atoms with E-state index in [0.29, 0.717) is 12.3 Å². The van der Waals surface area contributed by atoms with Gasteiger partial charge < -0.3 is 10.1 Å². The highest BCUT2D eigenvalue weighted by molar-refractivity contribution is 5.78. The van der Waals surface area contributed by atoms with Crippen molar-refractivity contribution in [3.05, 3.63) is 98.5 Å². The second-order valence-corrected chi connectivity index (χ2v) is 7.60. The van der Waals surface area contributed by atoms with E-state index in [0.717, 1.165) is 21.3 Å². The maximum absolute atomic E-state index is 13.2. The summed E-state index contributed by atoms with van der Waals surface area (Å²) in [7, 11) is 1.56. The van der Waals surface area contributed by atoms with E-state index in [1.165, 1.54) is 17.0 Å². The van der Waals surface area contributed by atoms with Gasteiger partial charge in [-0.3, -0.25) is 18.7 Å². The van der Waals surface area contributed by atoms with Crippen LogP contribution < -0.4 is 21.3 Å². The van der Waals surface area contributed by atoms with Crippen LogP contribution in [0.2, 0.25) is 0 Å². The zero-order chi connectivity index (χ0) is 23.4. The van der Waals surface area contributed by atoms with Crippen LogP contribution in [0, 0.1) is 6.92 Å². The van der Waals surface area contributed by atoms with Gasteiger partial charge in [0.2, 0.25) is 5.91 Å². The monoisotopic (exact) mass is 445 g/mol. The van der Waals surface area contributed by atoms with Gasteiger partial charge in [0.15, 0.2) is 11.2 Å². The quantitative estimate of drug-likeness (QED) is 0.463. The minimum atomic E-state index is -0.630. The lowest BCUT2D eigenvalue weighted by Crippen LogP contribution is -2.43. The first-order valence-corrected chi connectivity index (χ1v) is 10.4. The van der Waals surface area contributed by atoms with Crippen molar-refractivity contribution in [2.24, 2.45) is 0 Å². The van der Waals surface area contributed by atoms with Crippen LogP contribution in [0.1, 0.15) is 16.7 Å². The van der Waals surface area contributed by atoms with Gasteiger partial charge in [0, 0.05) is 18.9 Å². The van der Waals surface area contributed by atoms with Crippen molar-refractivity contribution >= 4 is 17.1 Å². The minimum absolute atomic E-state index is 0.0250. The number of fused-ring (bicyclic) bond motifs is 1. The molecule has 0 saturated heterocycles. The molecule has 0 saturated carbocycles. The Balaban J connectivity index is 1.65. The van der Waals surface area contributed by atoms with Crippen molar-refractivity contribution in [1.82, 2.24) is 24.4 Å². The third-order valence-electron chi connectivity index (χ3n) is 5.26. The molecule has 0 aliphatic heterocycles. The first-order valence-electron chi connectivity index (χ1n) is 10.4. The molecule has 168 valence electrons. The van der Waals surface area contributed by atoms with Gasteiger partial charge in [0.1, 0.15) is 12.3 Å². The average molecular weight is 445 g/mol. The molecule has 9 heteroatoms. The molecule has 0 aliphatic rings. The minimum Gasteiger partial charge on any atom is -0.497 e. The van der Waals surface area contributed by atoms with Gasteiger partial charge in [-0.15, -0.1) is 0 Å². The normalized spacial score (nSPS) is 10.8. The first kappa shape index (κ1) is 21.9. The first-order chi connectivity index (χ1) is 16.0. The number of carbonyl (C=O) groups excluding carboxylic acids is 1. The molecule has 1 amide bonds. The van der Waals surface area contributed by atoms with E-state index >= 15 is 0 Å². The van der Waals surface area contributed by atoms with E-state index in [-0.39, 0.29) is 30.2 Å². The van der Waals surface area contributed by atoms with Crippen molar-refractivity contribution in [3.8, 4) is 5.75 Å². The SMILES string of the molecule is COc1ccc(Cn2c(=O)c3nccnc3n(CC(=O)NCc3ccc(C)cc3)c2=O)cc1. The second kappa shape index (κ2) is 9.47. The summed E-state index contributed by atoms with van der Waals surface area (Å²) < 4.78 is 7.39. The highest BCUT2D eigenvalue weighted by atomic mass is 16.5. The molecular weight excluding hydrogens is 422 g/mol. The molecule has 0 fully saturated rings. The Hall–Kier alpha value is -4.27. The van der Waals surface area contributed by atoms with Crippen molar-refractivity contribution in [2.75, 3.05) is 7.11 Å². The van der Waals surface area contributed by atoms with E-state index in [9.17, 15) is 14.4 Å². The summed E-state index contributed by atoms with van der Waals surface area (Å²) in [4.78, 5) is 47.1. The summed E-state index contributed by atoms with van der Waals surface area (Å²) in [6, 6.07) is 14.8. The number of carbonyl (C=O) groups is 1. The van der Waals surface area contributed by atoms with Gasteiger partial charge in [0.05, 0.1) is 13.7 Å². The highest BCUT2D eigenvalue weighted by Gasteiger charge is 2.17. The number of nitrogens with one attached hydrogen (secondary N) is 1. The molecule has 4 rings (SSSR count). The number of methoxy groups -OCH3 is 1. The van der Waals surface area contributed by atoms with Gasteiger partial charge >= 0.3 is 5.69 Å². The molecule has 0 spiro atoms. The number of rotatable bonds is 7. The van der Waals surface area contributed by atoms with Crippen molar-refractivity contribution in [1.29, 1.82) is 0 Å². The van der Waals surface area contributed by atoms with Gasteiger partial charge in [-0.25, -0.2) is 14.8 Å². The van der Waals surface area contributed by atoms with Crippen molar-refractivity contribution in [3.63, 3.8) is 0 Å². The van der Waals surface area contributed by atoms with E-state index in [1.807, 2.05) is 31.2 Å². The van der Waals surface area contributed by atoms with Gasteiger partial charge in [-0.1, -0.05) is 42.0 Å². The molecule has 0 atom stereocenters. The average Bonchev–Trinajstić information content (AvgIpc) is 2.84. The zero-order valence-electron chi connectivity index (χ0n) is 18.3. The number of benzene rings is 2. The predicted molar refractivity (Wildman–Crippen MR) is 123 cm³/mol. The smallest absolute Gasteiger partial charge is 0.333 e. The van der Waals surface area contributed by atoms with E-state index in [1.54, 1.807) is 31.4 Å². The molecule has 0 bridgehead atoms. The Kier molecular flexibility index (Phi) is 6.30. The predicted octanol–water partition coefficient (Wildman–Crippen LogP) is 1.63. The number of ether oxygens (including phenoxy) is 1. The second-order valence-electron chi connectivity index (χ2n) is 7.60. The van der Waals surface area contributed by atoms with Crippen LogP contribution >= 0.6 is 0 Å². The number of nitrogens with zero attached hydrogens (tertiary/aromatic N) is 4. The lowest BCUT2D eigenvalue weighted by Gasteiger charge is -2.13. The van der Waals surface area contributed by atoms with Crippen LogP contribution in [0.25, 0.3) is 11.2 Å². The van der Waals surface area contributed by atoms with Crippen LogP contribution in [-0.2, 0) is 24.4 Å². The maximum Gasteiger partial charge on any atom is 0.333 e. The van der Waals surface area contributed by atoms with Crippen LogP contribution in [0.4, 0.5) is 0 Å². The molecule has 1 N–H and O–H groups in total. The van der Waals surface area contributed by atoms with Crippen molar-refractivity contribution < 1.29 is 9.53 Å². The summed E-state index contributed by atoms with van der Waals surface area (Å²) in [5.41, 5.74) is 1.70. The molecule has 2 aromatic heterocycles. The number of aryl methyl sites for hydroxylation is 1. The molecule has 2 heterocycles. The highest BCUT2D eigenvalue weighted by Crippen LogP contribution is 2.12. The van der Waals surface area contributed by atoms with Crippen molar-refractivity contribution in [2.45, 2.75) is 26.6 Å². The Morgan fingerprint density at radius 3 is 2.30 bits per heavy atom. The summed E-state index contributed by atoms with van der Waals surface area (Å²) in [5.74, 6) is 0.289. The lowest BCUT2D eigenvalue weighted by atomic mass is 10.1. The van der Waals surface area contributed by atoms with Crippen LogP contribution in [-0.4, -0.2) is 32.1 Å². The molecule has 4 aromatic rings. The summed E-state index contributed by atoms with van der Waals surface area (Å²) in [6.07, 6.45) is 2.77. The van der Waals surface area contributed by atoms with E-state index in [4.69, 9.17) is 4.74 Å². The molecule has 33 heavy (non-hydrogen) atoms. The number of aromatic nitrogens is 4. The molecular formula is C24H23N5O4. The van der Waals surface area contributed by atoms with Crippen LogP contribution in [0.5, 0.6) is 5.75 Å². The molecule has 9 nitrogen and oxygen atoms in total. The number of amides is 1. The van der Waals surface area contributed by atoms with Gasteiger partial charge in [-0.2, -0.15) is 0 Å². The Morgan fingerprint density at radius 1 is 0.939 bits per heavy atom. The summed E-state index contributed by atoms with van der Waals surface area (Å²) in [5, 5.41) is 2.81. The Bertz CT molecular complexity index is 1410. The van der Waals surface area contributed by atoms with E-state index < -0.39 is 11.2 Å². The fourth-order valence-electron chi connectivity index (χ4n) is 3.43. The zero-order valence-corrected chi connectivity index (χ0v) is 18.3. The Labute approximate surface area is 189 Å². The van der Waals surface area contributed by atoms with E-state index in [2.05, 4.69) is 15.3 Å². The number of hydrogen-bond acceptors (Lipinski definition) is 6. The Morgan fingerprint density at radius 2 is 1.61 bits per heavy atom. The fraction of sp³-hybridized carbons (Fsp3) is 0.208. The molecule has 0 aliphatic carbocycles. The molecule has 0 unspecified atom stereocenters. The van der Waals surface area contributed by atoms with Crippen LogP contribution in [0.15, 0.2) is 70.5 Å². The third kappa shape index (κ3) is 4.82. The van der Waals surface area contributed by atoms with Crippen LogP contribution in [0.3, 0.4) is 0 Å². The fourth-order valence-corrected chi connectivity index (χ4v) is 3.43. The maximum atomic E-state index is 13.2. The largest absolute Gasteiger partial charge is 0.497 e. The van der Waals surface area contributed by atoms with Gasteiger partial charge in [-0.05, 0) is 30.2 Å². The number of hydrogen-bond donors (Lipinski definition) is 1. The third-order valence-corrected chi connectivity index (χ3v) is 5.26. The standard InChI is InChI=1S/C24H23N5O4/c1-16-3-5-17(6-4-16)13-27-20(30)15-28-22-21(25-11-12-26-22)23(31)29(24(28)32)14-18-7-9-19(33-2)10-8-18/h3-12H,13-15H2,1-2H3,(H,27,30). The lowest BCUT2D eigenvalue weighted by molar-refractivity contribution is -0.121. The topological polar surface area (TPSA) is 108 Å². The summed E-state index contributed by atoms with van der Waals surface area (Å²) in [6.45, 7) is 2.05.